The lowest BCUT2D eigenvalue weighted by atomic mass is 10.1. The molecule has 5 nitrogen and oxygen atoms in total. The number of hydrogen-bond donors (Lipinski definition) is 2. The van der Waals surface area contributed by atoms with Gasteiger partial charge in [-0.2, -0.15) is 5.26 Å². The fourth-order valence-electron chi connectivity index (χ4n) is 2.01. The van der Waals surface area contributed by atoms with Gasteiger partial charge in [-0.05, 0) is 25.2 Å². The SMILES string of the molecule is CC(C)CCN(C)c1sc(C(=O)NC2CC2)c(N)c1C#N. The van der Waals surface area contributed by atoms with Gasteiger partial charge in [-0.1, -0.05) is 13.8 Å². The maximum atomic E-state index is 12.2. The number of thiophene rings is 1. The molecule has 0 aromatic carbocycles. The van der Waals surface area contributed by atoms with Crippen molar-refractivity contribution in [3.8, 4) is 6.07 Å². The zero-order valence-electron chi connectivity index (χ0n) is 12.8. The van der Waals surface area contributed by atoms with Gasteiger partial charge in [-0.3, -0.25) is 4.79 Å². The van der Waals surface area contributed by atoms with Crippen LogP contribution in [0.2, 0.25) is 0 Å². The van der Waals surface area contributed by atoms with Gasteiger partial charge in [0.2, 0.25) is 0 Å². The summed E-state index contributed by atoms with van der Waals surface area (Å²) in [6.07, 6.45) is 3.09. The fourth-order valence-corrected chi connectivity index (χ4v) is 3.07. The van der Waals surface area contributed by atoms with Crippen molar-refractivity contribution in [1.82, 2.24) is 5.32 Å². The molecule has 1 saturated carbocycles. The normalized spacial score (nSPS) is 14.0. The maximum Gasteiger partial charge on any atom is 0.263 e. The minimum absolute atomic E-state index is 0.153. The standard InChI is InChI=1S/C15H22N4OS/c1-9(2)6-7-19(3)15-11(8-16)12(17)13(21-15)14(20)18-10-4-5-10/h9-10H,4-7,17H2,1-3H3,(H,18,20). The van der Waals surface area contributed by atoms with Gasteiger partial charge >= 0.3 is 0 Å². The molecule has 1 amide bonds. The summed E-state index contributed by atoms with van der Waals surface area (Å²) in [6.45, 7) is 5.17. The third-order valence-electron chi connectivity index (χ3n) is 3.55. The minimum Gasteiger partial charge on any atom is -0.396 e. The second-order valence-corrected chi connectivity index (χ2v) is 6.99. The molecule has 1 fully saturated rings. The van der Waals surface area contributed by atoms with Crippen molar-refractivity contribution in [1.29, 1.82) is 5.26 Å². The molecular formula is C15H22N4OS. The predicted octanol–water partition coefficient (Wildman–Crippen LogP) is 2.58. The fraction of sp³-hybridized carbons (Fsp3) is 0.600. The van der Waals surface area contributed by atoms with Crippen LogP contribution < -0.4 is 16.0 Å². The number of nitrogens with one attached hydrogen (secondary N) is 1. The van der Waals surface area contributed by atoms with Crippen molar-refractivity contribution in [2.75, 3.05) is 24.2 Å². The summed E-state index contributed by atoms with van der Waals surface area (Å²) in [5.74, 6) is 0.438. The first-order valence-electron chi connectivity index (χ1n) is 7.28. The highest BCUT2D eigenvalue weighted by atomic mass is 32.1. The quantitative estimate of drug-likeness (QED) is 0.846. The lowest BCUT2D eigenvalue weighted by Gasteiger charge is -2.18. The van der Waals surface area contributed by atoms with Crippen LogP contribution in [0, 0.1) is 17.2 Å². The van der Waals surface area contributed by atoms with Gasteiger partial charge in [-0.25, -0.2) is 0 Å². The predicted molar refractivity (Wildman–Crippen MR) is 86.7 cm³/mol. The third kappa shape index (κ3) is 3.67. The average Bonchev–Trinajstić information content (AvgIpc) is 3.17. The summed E-state index contributed by atoms with van der Waals surface area (Å²) in [5.41, 5.74) is 6.74. The topological polar surface area (TPSA) is 82.2 Å². The van der Waals surface area contributed by atoms with E-state index in [-0.39, 0.29) is 11.9 Å². The van der Waals surface area contributed by atoms with E-state index in [2.05, 4.69) is 25.2 Å². The van der Waals surface area contributed by atoms with Crippen LogP contribution in [0.15, 0.2) is 0 Å². The van der Waals surface area contributed by atoms with Gasteiger partial charge in [-0.15, -0.1) is 11.3 Å². The number of carbonyl (C=O) groups is 1. The molecule has 114 valence electrons. The van der Waals surface area contributed by atoms with Crippen LogP contribution in [-0.4, -0.2) is 25.5 Å². The largest absolute Gasteiger partial charge is 0.396 e. The number of rotatable bonds is 6. The molecule has 1 aromatic rings. The van der Waals surface area contributed by atoms with Crippen molar-refractivity contribution in [2.45, 2.75) is 39.2 Å². The molecule has 3 N–H and O–H groups in total. The zero-order chi connectivity index (χ0) is 15.6. The molecule has 1 heterocycles. The van der Waals surface area contributed by atoms with Crippen LogP contribution in [0.1, 0.15) is 48.3 Å². The molecule has 21 heavy (non-hydrogen) atoms. The van der Waals surface area contributed by atoms with Gasteiger partial charge in [0.1, 0.15) is 21.5 Å². The van der Waals surface area contributed by atoms with Crippen molar-refractivity contribution >= 4 is 27.9 Å². The molecule has 0 unspecified atom stereocenters. The molecule has 1 aromatic heterocycles. The lowest BCUT2D eigenvalue weighted by Crippen LogP contribution is -2.25. The highest BCUT2D eigenvalue weighted by Gasteiger charge is 2.28. The van der Waals surface area contributed by atoms with E-state index in [1.807, 2.05) is 11.9 Å². The number of carbonyl (C=O) groups excluding carboxylic acids is 1. The molecule has 0 radical (unpaired) electrons. The van der Waals surface area contributed by atoms with Crippen molar-refractivity contribution in [2.24, 2.45) is 5.92 Å². The van der Waals surface area contributed by atoms with E-state index in [4.69, 9.17) is 5.73 Å². The van der Waals surface area contributed by atoms with E-state index < -0.39 is 0 Å². The second kappa shape index (κ2) is 6.35. The Morgan fingerprint density at radius 1 is 1.57 bits per heavy atom. The molecule has 1 aliphatic rings. The van der Waals surface area contributed by atoms with Crippen molar-refractivity contribution in [3.05, 3.63) is 10.4 Å². The molecule has 1 aliphatic carbocycles. The Balaban J connectivity index is 2.20. The Kier molecular flexibility index (Phi) is 4.73. The Hall–Kier alpha value is -1.74. The monoisotopic (exact) mass is 306 g/mol. The van der Waals surface area contributed by atoms with Crippen LogP contribution in [0.5, 0.6) is 0 Å². The summed E-state index contributed by atoms with van der Waals surface area (Å²) in [7, 11) is 1.94. The molecule has 0 spiro atoms. The number of nitrogen functional groups attached to an aromatic ring is 1. The number of amides is 1. The molecule has 0 atom stereocenters. The highest BCUT2D eigenvalue weighted by Crippen LogP contribution is 2.37. The van der Waals surface area contributed by atoms with E-state index >= 15 is 0 Å². The number of nitrogens with two attached hydrogens (primary N) is 1. The summed E-state index contributed by atoms with van der Waals surface area (Å²) < 4.78 is 0. The van der Waals surface area contributed by atoms with Gasteiger partial charge < -0.3 is 16.0 Å². The van der Waals surface area contributed by atoms with Gasteiger partial charge in [0, 0.05) is 19.6 Å². The van der Waals surface area contributed by atoms with Crippen LogP contribution in [-0.2, 0) is 0 Å². The first-order valence-corrected chi connectivity index (χ1v) is 8.10. The van der Waals surface area contributed by atoms with E-state index in [0.717, 1.165) is 30.8 Å². The van der Waals surface area contributed by atoms with Crippen molar-refractivity contribution in [3.63, 3.8) is 0 Å². The first kappa shape index (κ1) is 15.6. The van der Waals surface area contributed by atoms with Crippen molar-refractivity contribution < 1.29 is 4.79 Å². The molecule has 0 saturated heterocycles. The van der Waals surface area contributed by atoms with E-state index in [1.165, 1.54) is 11.3 Å². The number of anilines is 2. The van der Waals surface area contributed by atoms with Crippen LogP contribution in [0.3, 0.4) is 0 Å². The maximum absolute atomic E-state index is 12.2. The number of nitrogens with zero attached hydrogens (tertiary/aromatic N) is 2. The van der Waals surface area contributed by atoms with E-state index in [0.29, 0.717) is 22.0 Å². The molecule has 0 bridgehead atoms. The van der Waals surface area contributed by atoms with E-state index in [1.54, 1.807) is 0 Å². The third-order valence-corrected chi connectivity index (χ3v) is 4.86. The number of nitriles is 1. The van der Waals surface area contributed by atoms with Gasteiger partial charge in [0.15, 0.2) is 0 Å². The Morgan fingerprint density at radius 2 is 2.24 bits per heavy atom. The summed E-state index contributed by atoms with van der Waals surface area (Å²) in [4.78, 5) is 14.7. The zero-order valence-corrected chi connectivity index (χ0v) is 13.6. The average molecular weight is 306 g/mol. The second-order valence-electron chi connectivity index (χ2n) is 5.99. The minimum atomic E-state index is -0.153. The number of hydrogen-bond acceptors (Lipinski definition) is 5. The van der Waals surface area contributed by atoms with Gasteiger partial charge in [0.25, 0.3) is 5.91 Å². The Morgan fingerprint density at radius 3 is 2.76 bits per heavy atom. The summed E-state index contributed by atoms with van der Waals surface area (Å²) in [6, 6.07) is 2.42. The molecule has 0 aliphatic heterocycles. The molecule has 6 heteroatoms. The van der Waals surface area contributed by atoms with Gasteiger partial charge in [0.05, 0.1) is 5.69 Å². The van der Waals surface area contributed by atoms with Crippen LogP contribution in [0.4, 0.5) is 10.7 Å². The van der Waals surface area contributed by atoms with Crippen LogP contribution >= 0.6 is 11.3 Å². The first-order chi connectivity index (χ1) is 9.93. The summed E-state index contributed by atoms with van der Waals surface area (Å²) >= 11 is 1.31. The Bertz CT molecular complexity index is 569. The molecule has 2 rings (SSSR count). The Labute approximate surface area is 129 Å². The lowest BCUT2D eigenvalue weighted by molar-refractivity contribution is 0.0956. The summed E-state index contributed by atoms with van der Waals surface area (Å²) in [5, 5.41) is 13.1. The van der Waals surface area contributed by atoms with Crippen LogP contribution in [0.25, 0.3) is 0 Å². The van der Waals surface area contributed by atoms with E-state index in [9.17, 15) is 10.1 Å². The smallest absolute Gasteiger partial charge is 0.263 e. The molecular weight excluding hydrogens is 284 g/mol. The highest BCUT2D eigenvalue weighted by molar-refractivity contribution is 7.19.